The van der Waals surface area contributed by atoms with Crippen LogP contribution in [0.15, 0.2) is 30.3 Å². The largest absolute Gasteiger partial charge is 0.508 e. The van der Waals surface area contributed by atoms with Gasteiger partial charge in [-0.05, 0) is 42.8 Å². The normalized spacial score (nSPS) is 10.3. The fraction of sp³-hybridized carbons (Fsp3) is 0.0714. The predicted molar refractivity (Wildman–Crippen MR) is 81.7 cm³/mol. The smallest absolute Gasteiger partial charge is 0.257 e. The van der Waals surface area contributed by atoms with E-state index in [0.717, 1.165) is 5.56 Å². The van der Waals surface area contributed by atoms with Crippen molar-refractivity contribution in [3.63, 3.8) is 0 Å². The summed E-state index contributed by atoms with van der Waals surface area (Å²) in [6.07, 6.45) is 0. The molecule has 1 amide bonds. The number of phenolic OH excluding ortho intramolecular Hbond substituents is 1. The highest BCUT2D eigenvalue weighted by Gasteiger charge is 2.13. The molecule has 0 saturated heterocycles. The van der Waals surface area contributed by atoms with Crippen LogP contribution in [0.2, 0.25) is 10.0 Å². The SMILES string of the molecule is Cc1cc(N)c(Cl)cc1NC(=O)c1cc(O)ccc1Cl. The van der Waals surface area contributed by atoms with Crippen molar-refractivity contribution in [3.8, 4) is 5.75 Å². The first kappa shape index (κ1) is 14.5. The van der Waals surface area contributed by atoms with Crippen LogP contribution in [0.4, 0.5) is 11.4 Å². The van der Waals surface area contributed by atoms with Gasteiger partial charge in [-0.25, -0.2) is 0 Å². The van der Waals surface area contributed by atoms with E-state index in [1.165, 1.54) is 18.2 Å². The zero-order valence-corrected chi connectivity index (χ0v) is 12.1. The van der Waals surface area contributed by atoms with Crippen molar-refractivity contribution < 1.29 is 9.90 Å². The van der Waals surface area contributed by atoms with E-state index in [-0.39, 0.29) is 16.3 Å². The molecule has 6 heteroatoms. The maximum absolute atomic E-state index is 12.2. The van der Waals surface area contributed by atoms with Crippen molar-refractivity contribution in [2.24, 2.45) is 0 Å². The summed E-state index contributed by atoms with van der Waals surface area (Å²) in [5.41, 5.74) is 7.61. The summed E-state index contributed by atoms with van der Waals surface area (Å²) in [5, 5.41) is 12.7. The van der Waals surface area contributed by atoms with Gasteiger partial charge in [-0.1, -0.05) is 23.2 Å². The lowest BCUT2D eigenvalue weighted by molar-refractivity contribution is 0.102. The average molecular weight is 311 g/mol. The second-order valence-corrected chi connectivity index (χ2v) is 5.12. The molecule has 0 aromatic heterocycles. The van der Waals surface area contributed by atoms with Crippen molar-refractivity contribution in [2.75, 3.05) is 11.1 Å². The number of rotatable bonds is 2. The van der Waals surface area contributed by atoms with Gasteiger partial charge in [0, 0.05) is 5.69 Å². The Kier molecular flexibility index (Phi) is 4.06. The number of anilines is 2. The topological polar surface area (TPSA) is 75.3 Å². The van der Waals surface area contributed by atoms with E-state index in [0.29, 0.717) is 16.4 Å². The quantitative estimate of drug-likeness (QED) is 0.738. The number of amides is 1. The zero-order chi connectivity index (χ0) is 14.9. The molecule has 2 aromatic rings. The summed E-state index contributed by atoms with van der Waals surface area (Å²) >= 11 is 11.9. The molecule has 0 spiro atoms. The van der Waals surface area contributed by atoms with Gasteiger partial charge in [-0.3, -0.25) is 4.79 Å². The van der Waals surface area contributed by atoms with Gasteiger partial charge < -0.3 is 16.2 Å². The van der Waals surface area contributed by atoms with Crippen LogP contribution in [0.3, 0.4) is 0 Å². The standard InChI is InChI=1S/C14H12Cl2N2O2/c1-7-4-12(17)11(16)6-13(7)18-14(20)9-5-8(19)2-3-10(9)15/h2-6,19H,17H2,1H3,(H,18,20). The molecule has 4 nitrogen and oxygen atoms in total. The maximum atomic E-state index is 12.2. The minimum atomic E-state index is -0.435. The number of hydrogen-bond donors (Lipinski definition) is 3. The molecule has 2 rings (SSSR count). The number of carbonyl (C=O) groups excluding carboxylic acids is 1. The summed E-state index contributed by atoms with van der Waals surface area (Å²) in [7, 11) is 0. The van der Waals surface area contributed by atoms with E-state index in [9.17, 15) is 9.90 Å². The maximum Gasteiger partial charge on any atom is 0.257 e. The molecule has 104 valence electrons. The summed E-state index contributed by atoms with van der Waals surface area (Å²) in [6, 6.07) is 7.40. The Bertz CT molecular complexity index is 687. The number of nitrogens with two attached hydrogens (primary N) is 1. The van der Waals surface area contributed by atoms with Gasteiger partial charge in [-0.2, -0.15) is 0 Å². The highest BCUT2D eigenvalue weighted by Crippen LogP contribution is 2.28. The van der Waals surface area contributed by atoms with Crippen LogP contribution in [0.1, 0.15) is 15.9 Å². The summed E-state index contributed by atoms with van der Waals surface area (Å²) in [5.74, 6) is -0.471. The van der Waals surface area contributed by atoms with Crippen molar-refractivity contribution in [1.82, 2.24) is 0 Å². The van der Waals surface area contributed by atoms with Crippen molar-refractivity contribution in [3.05, 3.63) is 51.5 Å². The minimum Gasteiger partial charge on any atom is -0.508 e. The third-order valence-electron chi connectivity index (χ3n) is 2.79. The number of benzene rings is 2. The second kappa shape index (κ2) is 5.61. The van der Waals surface area contributed by atoms with Crippen molar-refractivity contribution >= 4 is 40.5 Å². The molecular formula is C14H12Cl2N2O2. The molecular weight excluding hydrogens is 299 g/mol. The highest BCUT2D eigenvalue weighted by molar-refractivity contribution is 6.35. The van der Waals surface area contributed by atoms with E-state index in [1.807, 2.05) is 0 Å². The number of nitrogen functional groups attached to an aromatic ring is 1. The molecule has 0 aliphatic carbocycles. The lowest BCUT2D eigenvalue weighted by Crippen LogP contribution is -2.13. The third-order valence-corrected chi connectivity index (χ3v) is 3.44. The van der Waals surface area contributed by atoms with Gasteiger partial charge in [0.15, 0.2) is 0 Å². The van der Waals surface area contributed by atoms with Crippen LogP contribution >= 0.6 is 23.2 Å². The molecule has 0 saturated carbocycles. The number of aromatic hydroxyl groups is 1. The lowest BCUT2D eigenvalue weighted by atomic mass is 10.1. The Hall–Kier alpha value is -1.91. The minimum absolute atomic E-state index is 0.0355. The lowest BCUT2D eigenvalue weighted by Gasteiger charge is -2.11. The molecule has 0 radical (unpaired) electrons. The van der Waals surface area contributed by atoms with Crippen LogP contribution in [0, 0.1) is 6.92 Å². The fourth-order valence-electron chi connectivity index (χ4n) is 1.72. The van der Waals surface area contributed by atoms with E-state index in [4.69, 9.17) is 28.9 Å². The second-order valence-electron chi connectivity index (χ2n) is 4.31. The molecule has 2 aromatic carbocycles. The third kappa shape index (κ3) is 2.98. The van der Waals surface area contributed by atoms with Crippen LogP contribution in [-0.4, -0.2) is 11.0 Å². The molecule has 0 aliphatic rings. The van der Waals surface area contributed by atoms with Crippen LogP contribution in [0.25, 0.3) is 0 Å². The Labute approximate surface area is 126 Å². The summed E-state index contributed by atoms with van der Waals surface area (Å²) in [6.45, 7) is 1.80. The van der Waals surface area contributed by atoms with Gasteiger partial charge in [-0.15, -0.1) is 0 Å². The number of aryl methyl sites for hydroxylation is 1. The molecule has 0 bridgehead atoms. The van der Waals surface area contributed by atoms with Gasteiger partial charge in [0.1, 0.15) is 5.75 Å². The first-order valence-corrected chi connectivity index (χ1v) is 6.49. The van der Waals surface area contributed by atoms with Crippen LogP contribution in [0.5, 0.6) is 5.75 Å². The zero-order valence-electron chi connectivity index (χ0n) is 10.6. The van der Waals surface area contributed by atoms with Crippen LogP contribution < -0.4 is 11.1 Å². The number of hydrogen-bond acceptors (Lipinski definition) is 3. The van der Waals surface area contributed by atoms with Crippen LogP contribution in [-0.2, 0) is 0 Å². The first-order chi connectivity index (χ1) is 9.38. The average Bonchev–Trinajstić information content (AvgIpc) is 2.38. The van der Waals surface area contributed by atoms with Gasteiger partial charge in [0.05, 0.1) is 21.3 Å². The molecule has 4 N–H and O–H groups in total. The van der Waals surface area contributed by atoms with E-state index in [1.54, 1.807) is 19.1 Å². The number of phenols is 1. The van der Waals surface area contributed by atoms with E-state index < -0.39 is 5.91 Å². The van der Waals surface area contributed by atoms with E-state index >= 15 is 0 Å². The van der Waals surface area contributed by atoms with Crippen molar-refractivity contribution in [1.29, 1.82) is 0 Å². The number of halogens is 2. The highest BCUT2D eigenvalue weighted by atomic mass is 35.5. The Morgan fingerprint density at radius 3 is 2.60 bits per heavy atom. The van der Waals surface area contributed by atoms with Gasteiger partial charge in [0.2, 0.25) is 0 Å². The number of carbonyl (C=O) groups is 1. The summed E-state index contributed by atoms with van der Waals surface area (Å²) in [4.78, 5) is 12.2. The molecule has 0 aliphatic heterocycles. The Balaban J connectivity index is 2.32. The number of nitrogens with one attached hydrogen (secondary N) is 1. The van der Waals surface area contributed by atoms with Crippen molar-refractivity contribution in [2.45, 2.75) is 6.92 Å². The molecule has 0 fully saturated rings. The monoisotopic (exact) mass is 310 g/mol. The summed E-state index contributed by atoms with van der Waals surface area (Å²) < 4.78 is 0. The Morgan fingerprint density at radius 2 is 1.90 bits per heavy atom. The van der Waals surface area contributed by atoms with E-state index in [2.05, 4.69) is 5.32 Å². The molecule has 0 unspecified atom stereocenters. The van der Waals surface area contributed by atoms with Gasteiger partial charge >= 0.3 is 0 Å². The molecule has 0 atom stereocenters. The molecule has 0 heterocycles. The first-order valence-electron chi connectivity index (χ1n) is 5.74. The Morgan fingerprint density at radius 1 is 1.20 bits per heavy atom. The predicted octanol–water partition coefficient (Wildman–Crippen LogP) is 3.84. The molecule has 20 heavy (non-hydrogen) atoms. The van der Waals surface area contributed by atoms with Gasteiger partial charge in [0.25, 0.3) is 5.91 Å². The fourth-order valence-corrected chi connectivity index (χ4v) is 2.08.